The summed E-state index contributed by atoms with van der Waals surface area (Å²) in [5.74, 6) is -1.08. The first-order valence-electron chi connectivity index (χ1n) is 10.4. The largest absolute Gasteiger partial charge is 0.434 e. The van der Waals surface area contributed by atoms with Gasteiger partial charge in [-0.1, -0.05) is 28.2 Å². The van der Waals surface area contributed by atoms with Crippen molar-refractivity contribution in [2.45, 2.75) is 59.7 Å². The second-order valence-corrected chi connectivity index (χ2v) is 12.2. The minimum absolute atomic E-state index is 0. The molecule has 0 aromatic carbocycles. The average Bonchev–Trinajstić information content (AvgIpc) is 3.15. The van der Waals surface area contributed by atoms with Crippen LogP contribution < -0.4 is 5.32 Å². The van der Waals surface area contributed by atoms with Crippen molar-refractivity contribution in [2.75, 3.05) is 29.9 Å². The number of carbonyl (C=O) groups is 1. The minimum atomic E-state index is -4.85. The predicted molar refractivity (Wildman–Crippen MR) is 115 cm³/mol. The van der Waals surface area contributed by atoms with Crippen LogP contribution in [0.5, 0.6) is 0 Å². The highest BCUT2D eigenvalue weighted by Crippen LogP contribution is 2.63. The number of sulfone groups is 1. The number of halogens is 3. The van der Waals surface area contributed by atoms with Crippen molar-refractivity contribution < 1.29 is 26.4 Å². The van der Waals surface area contributed by atoms with Crippen LogP contribution in [0.3, 0.4) is 0 Å². The quantitative estimate of drug-likeness (QED) is 0.716. The van der Waals surface area contributed by atoms with Gasteiger partial charge in [0.05, 0.1) is 17.1 Å². The Morgan fingerprint density at radius 1 is 1.22 bits per heavy atom. The number of hydrogen-bond acceptors (Lipinski definition) is 6. The maximum absolute atomic E-state index is 13.8. The molecule has 0 spiro atoms. The fraction of sp³-hybridized carbons (Fsp3) is 0.762. The predicted octanol–water partition coefficient (Wildman–Crippen LogP) is 3.63. The molecule has 3 fully saturated rings. The summed E-state index contributed by atoms with van der Waals surface area (Å²) >= 11 is 0. The van der Waals surface area contributed by atoms with Crippen molar-refractivity contribution in [3.8, 4) is 0 Å². The monoisotopic (exact) mass is 476 g/mol. The van der Waals surface area contributed by atoms with Crippen LogP contribution in [0.4, 0.5) is 19.1 Å². The third kappa shape index (κ3) is 4.20. The number of nitrogens with zero attached hydrogens (tertiary/aromatic N) is 3. The van der Waals surface area contributed by atoms with Crippen molar-refractivity contribution in [1.29, 1.82) is 0 Å². The normalized spacial score (nSPS) is 30.6. The number of amides is 1. The Hall–Kier alpha value is -1.91. The van der Waals surface area contributed by atoms with E-state index < -0.39 is 33.2 Å². The van der Waals surface area contributed by atoms with E-state index in [0.29, 0.717) is 5.92 Å². The SMILES string of the molecule is C.CC1(C)[C@@H]2CC[C@@](C)(C2)[C@@H]1Nc1ncc(C(=O)N2CCS(=O)(=O)CC2)c(C(F)(F)F)n1. The summed E-state index contributed by atoms with van der Waals surface area (Å²) in [6.45, 7) is 6.09. The van der Waals surface area contributed by atoms with Gasteiger partial charge in [0.1, 0.15) is 0 Å². The lowest BCUT2D eigenvalue weighted by Gasteiger charge is -2.43. The molecule has 180 valence electrons. The summed E-state index contributed by atoms with van der Waals surface area (Å²) in [6.07, 6.45) is -0.820. The van der Waals surface area contributed by atoms with E-state index >= 15 is 0 Å². The van der Waals surface area contributed by atoms with Crippen LogP contribution in [0.25, 0.3) is 0 Å². The summed E-state index contributed by atoms with van der Waals surface area (Å²) in [7, 11) is -3.27. The molecule has 0 radical (unpaired) electrons. The number of aromatic nitrogens is 2. The van der Waals surface area contributed by atoms with Crippen molar-refractivity contribution >= 4 is 21.7 Å². The van der Waals surface area contributed by atoms with Gasteiger partial charge in [-0.2, -0.15) is 13.2 Å². The van der Waals surface area contributed by atoms with Crippen LogP contribution >= 0.6 is 0 Å². The summed E-state index contributed by atoms with van der Waals surface area (Å²) in [5.41, 5.74) is -2.10. The third-order valence-electron chi connectivity index (χ3n) is 7.46. The fourth-order valence-corrected chi connectivity index (χ4v) is 6.90. The zero-order valence-corrected chi connectivity index (χ0v) is 18.6. The molecule has 1 aromatic rings. The molecule has 1 N–H and O–H groups in total. The van der Waals surface area contributed by atoms with E-state index in [1.165, 1.54) is 0 Å². The van der Waals surface area contributed by atoms with Gasteiger partial charge >= 0.3 is 6.18 Å². The molecule has 11 heteroatoms. The Labute approximate surface area is 187 Å². The molecule has 4 rings (SSSR count). The number of alkyl halides is 3. The van der Waals surface area contributed by atoms with Crippen LogP contribution in [0, 0.1) is 16.7 Å². The first-order chi connectivity index (χ1) is 14.2. The molecule has 32 heavy (non-hydrogen) atoms. The molecule has 1 amide bonds. The van der Waals surface area contributed by atoms with Gasteiger partial charge in [0.25, 0.3) is 5.91 Å². The summed E-state index contributed by atoms with van der Waals surface area (Å²) in [4.78, 5) is 21.6. The molecular weight excluding hydrogens is 445 g/mol. The molecule has 2 bridgehead atoms. The average molecular weight is 477 g/mol. The van der Waals surface area contributed by atoms with Gasteiger partial charge in [-0.25, -0.2) is 18.4 Å². The van der Waals surface area contributed by atoms with Gasteiger partial charge in [0.2, 0.25) is 5.95 Å². The van der Waals surface area contributed by atoms with Gasteiger partial charge in [0, 0.05) is 25.3 Å². The highest BCUT2D eigenvalue weighted by Gasteiger charge is 2.59. The lowest BCUT2D eigenvalue weighted by atomic mass is 9.68. The Kier molecular flexibility index (Phi) is 6.06. The smallest absolute Gasteiger partial charge is 0.350 e. The fourth-order valence-electron chi connectivity index (χ4n) is 5.70. The summed E-state index contributed by atoms with van der Waals surface area (Å²) in [6, 6.07) is -0.0753. The van der Waals surface area contributed by atoms with Gasteiger partial charge in [0.15, 0.2) is 15.5 Å². The number of anilines is 1. The number of hydrogen-bond donors (Lipinski definition) is 1. The number of rotatable bonds is 3. The maximum atomic E-state index is 13.8. The highest BCUT2D eigenvalue weighted by atomic mass is 32.2. The Morgan fingerprint density at radius 3 is 2.38 bits per heavy atom. The van der Waals surface area contributed by atoms with Crippen LogP contribution in [0.2, 0.25) is 0 Å². The molecule has 1 saturated heterocycles. The van der Waals surface area contributed by atoms with Crippen molar-refractivity contribution in [2.24, 2.45) is 16.7 Å². The van der Waals surface area contributed by atoms with E-state index in [2.05, 4.69) is 36.1 Å². The van der Waals surface area contributed by atoms with Gasteiger partial charge in [-0.15, -0.1) is 0 Å². The molecule has 3 atom stereocenters. The molecule has 2 aliphatic carbocycles. The van der Waals surface area contributed by atoms with E-state index in [0.717, 1.165) is 30.4 Å². The molecule has 1 aliphatic heterocycles. The molecule has 0 unspecified atom stereocenters. The van der Waals surface area contributed by atoms with Gasteiger partial charge in [-0.05, 0) is 36.0 Å². The third-order valence-corrected chi connectivity index (χ3v) is 9.07. The highest BCUT2D eigenvalue weighted by molar-refractivity contribution is 7.91. The van der Waals surface area contributed by atoms with E-state index in [-0.39, 0.29) is 54.8 Å². The summed E-state index contributed by atoms with van der Waals surface area (Å²) in [5, 5.41) is 3.15. The number of nitrogens with one attached hydrogen (secondary N) is 1. The first-order valence-corrected chi connectivity index (χ1v) is 12.3. The van der Waals surface area contributed by atoms with Crippen LogP contribution in [0.15, 0.2) is 6.20 Å². The zero-order chi connectivity index (χ0) is 22.8. The van der Waals surface area contributed by atoms with Crippen LogP contribution in [-0.4, -0.2) is 59.8 Å². The van der Waals surface area contributed by atoms with E-state index in [1.54, 1.807) is 0 Å². The molecule has 7 nitrogen and oxygen atoms in total. The molecular formula is C21H31F3N4O3S. The molecule has 1 aromatic heterocycles. The van der Waals surface area contributed by atoms with E-state index in [4.69, 9.17) is 0 Å². The maximum Gasteiger partial charge on any atom is 0.434 e. The standard InChI is InChI=1S/C20H27F3N4O3S.CH4/c1-18(2)12-4-5-19(3,10-12)16(18)26-17-24-11-13(14(25-17)20(21,22)23)15(28)27-6-8-31(29,30)9-7-27;/h11-12,16H,4-10H2,1-3H3,(H,24,25,26);1H4/t12-,16-,19+;/m1./s1. The zero-order valence-electron chi connectivity index (χ0n) is 17.8. The van der Waals surface area contributed by atoms with Gasteiger partial charge in [-0.3, -0.25) is 4.79 Å². The van der Waals surface area contributed by atoms with Crippen LogP contribution in [-0.2, 0) is 16.0 Å². The molecule has 2 heterocycles. The second-order valence-electron chi connectivity index (χ2n) is 9.89. The summed E-state index contributed by atoms with van der Waals surface area (Å²) < 4.78 is 64.5. The number of fused-ring (bicyclic) bond motifs is 2. The Morgan fingerprint density at radius 2 is 1.84 bits per heavy atom. The Balaban J connectivity index is 0.00000289. The van der Waals surface area contributed by atoms with Crippen molar-refractivity contribution in [3.05, 3.63) is 17.5 Å². The topological polar surface area (TPSA) is 92.3 Å². The van der Waals surface area contributed by atoms with Gasteiger partial charge < -0.3 is 10.2 Å². The second kappa shape index (κ2) is 7.85. The number of carbonyl (C=O) groups excluding carboxylic acids is 1. The molecule has 3 aliphatic rings. The van der Waals surface area contributed by atoms with Crippen LogP contribution in [0.1, 0.15) is 63.5 Å². The lowest BCUT2D eigenvalue weighted by molar-refractivity contribution is -0.141. The molecule has 2 saturated carbocycles. The first kappa shape index (κ1) is 24.7. The lowest BCUT2D eigenvalue weighted by Crippen LogP contribution is -2.46. The Bertz CT molecular complexity index is 993. The van der Waals surface area contributed by atoms with E-state index in [9.17, 15) is 26.4 Å². The van der Waals surface area contributed by atoms with Crippen molar-refractivity contribution in [1.82, 2.24) is 14.9 Å². The van der Waals surface area contributed by atoms with E-state index in [1.807, 2.05) is 0 Å². The van der Waals surface area contributed by atoms with Crippen molar-refractivity contribution in [3.63, 3.8) is 0 Å². The minimum Gasteiger partial charge on any atom is -0.350 e.